The lowest BCUT2D eigenvalue weighted by Crippen LogP contribution is -2.50. The van der Waals surface area contributed by atoms with E-state index in [1.165, 1.54) is 0 Å². The zero-order valence-corrected chi connectivity index (χ0v) is 15.2. The second kappa shape index (κ2) is 6.15. The Morgan fingerprint density at radius 3 is 2.48 bits per heavy atom. The largest absolute Gasteiger partial charge is 0.367 e. The summed E-state index contributed by atoms with van der Waals surface area (Å²) in [4.78, 5) is 12.2. The van der Waals surface area contributed by atoms with Gasteiger partial charge in [0.25, 0.3) is 0 Å². The molecular weight excluding hydrogens is 294 g/mol. The van der Waals surface area contributed by atoms with Crippen LogP contribution in [0.4, 0.5) is 4.79 Å². The van der Waals surface area contributed by atoms with Gasteiger partial charge in [-0.25, -0.2) is 4.79 Å². The van der Waals surface area contributed by atoms with Crippen LogP contribution < -0.4 is 10.6 Å². The van der Waals surface area contributed by atoms with Gasteiger partial charge in [-0.1, -0.05) is 12.1 Å². The Balaban J connectivity index is 1.89. The van der Waals surface area contributed by atoms with Crippen LogP contribution in [0.5, 0.6) is 0 Å². The van der Waals surface area contributed by atoms with E-state index in [0.29, 0.717) is 6.54 Å². The molecule has 0 bridgehead atoms. The van der Waals surface area contributed by atoms with E-state index in [4.69, 9.17) is 9.26 Å². The van der Waals surface area contributed by atoms with Gasteiger partial charge in [0, 0.05) is 18.0 Å². The maximum Gasteiger partial charge on any atom is 0.315 e. The van der Waals surface area contributed by atoms with Gasteiger partial charge in [-0.05, 0) is 48.0 Å². The predicted molar refractivity (Wildman–Crippen MR) is 88.6 cm³/mol. The first-order valence-corrected chi connectivity index (χ1v) is 8.19. The van der Waals surface area contributed by atoms with Gasteiger partial charge in [0.2, 0.25) is 0 Å². The smallest absolute Gasteiger partial charge is 0.315 e. The van der Waals surface area contributed by atoms with Crippen molar-refractivity contribution in [2.75, 3.05) is 6.54 Å². The molecule has 6 heteroatoms. The van der Waals surface area contributed by atoms with Crippen molar-refractivity contribution in [2.45, 2.75) is 78.0 Å². The Hall–Kier alpha value is -1.56. The minimum absolute atomic E-state index is 0.00753. The number of urea groups is 1. The first-order chi connectivity index (χ1) is 10.5. The molecule has 6 nitrogen and oxygen atoms in total. The first kappa shape index (κ1) is 17.8. The summed E-state index contributed by atoms with van der Waals surface area (Å²) in [5.74, 6) is 0.959. The summed E-state index contributed by atoms with van der Waals surface area (Å²) < 4.78 is 11.2. The van der Waals surface area contributed by atoms with E-state index < -0.39 is 0 Å². The molecule has 2 amide bonds. The van der Waals surface area contributed by atoms with Crippen molar-refractivity contribution in [1.29, 1.82) is 0 Å². The lowest BCUT2D eigenvalue weighted by molar-refractivity contribution is -0.0690. The minimum Gasteiger partial charge on any atom is -0.367 e. The third-order valence-corrected chi connectivity index (χ3v) is 4.53. The van der Waals surface area contributed by atoms with Crippen LogP contribution in [0, 0.1) is 13.8 Å². The third kappa shape index (κ3) is 4.05. The van der Waals surface area contributed by atoms with Crippen LogP contribution in [0.1, 0.15) is 64.0 Å². The van der Waals surface area contributed by atoms with Crippen LogP contribution in [-0.4, -0.2) is 35.0 Å². The predicted octanol–water partition coefficient (Wildman–Crippen LogP) is 3.04. The number of aromatic nitrogens is 1. The molecule has 1 fully saturated rings. The molecule has 2 heterocycles. The first-order valence-electron chi connectivity index (χ1n) is 8.19. The van der Waals surface area contributed by atoms with E-state index in [2.05, 4.69) is 22.7 Å². The highest BCUT2D eigenvalue weighted by Gasteiger charge is 2.46. The average Bonchev–Trinajstić information content (AvgIpc) is 2.83. The molecular formula is C17H29N3O3. The van der Waals surface area contributed by atoms with Gasteiger partial charge in [0.1, 0.15) is 5.76 Å². The lowest BCUT2D eigenvalue weighted by Gasteiger charge is -2.27. The molecule has 2 rings (SSSR count). The van der Waals surface area contributed by atoms with Crippen LogP contribution in [0.25, 0.3) is 0 Å². The standard InChI is InChI=1S/C17H29N3O3/c1-10(14-11(2)20-22-12(14)3)9-18-15(21)19-13-8-16(4,5)23-17(13,6)7/h10,13H,8-9H2,1-7H3,(H2,18,19,21)/t10-,13+/m1/s1. The Morgan fingerprint density at radius 1 is 1.35 bits per heavy atom. The topological polar surface area (TPSA) is 76.4 Å². The monoisotopic (exact) mass is 323 g/mol. The van der Waals surface area contributed by atoms with Crippen molar-refractivity contribution in [1.82, 2.24) is 15.8 Å². The van der Waals surface area contributed by atoms with E-state index in [-0.39, 0.29) is 29.2 Å². The van der Waals surface area contributed by atoms with Gasteiger partial charge in [-0.2, -0.15) is 0 Å². The number of nitrogens with zero attached hydrogens (tertiary/aromatic N) is 1. The summed E-state index contributed by atoms with van der Waals surface area (Å²) in [5.41, 5.74) is 1.36. The number of nitrogens with one attached hydrogen (secondary N) is 2. The summed E-state index contributed by atoms with van der Waals surface area (Å²) >= 11 is 0. The quantitative estimate of drug-likeness (QED) is 0.893. The molecule has 0 spiro atoms. The normalized spacial score (nSPS) is 23.5. The molecule has 23 heavy (non-hydrogen) atoms. The molecule has 0 unspecified atom stereocenters. The van der Waals surface area contributed by atoms with Gasteiger partial charge >= 0.3 is 6.03 Å². The second-order valence-corrected chi connectivity index (χ2v) is 7.72. The van der Waals surface area contributed by atoms with Gasteiger partial charge in [-0.3, -0.25) is 0 Å². The number of carbonyl (C=O) groups is 1. The summed E-state index contributed by atoms with van der Waals surface area (Å²) in [5, 5.41) is 9.95. The average molecular weight is 323 g/mol. The maximum absolute atomic E-state index is 12.2. The summed E-state index contributed by atoms with van der Waals surface area (Å²) in [7, 11) is 0. The highest BCUT2D eigenvalue weighted by molar-refractivity contribution is 5.74. The van der Waals surface area contributed by atoms with Crippen molar-refractivity contribution in [2.24, 2.45) is 0 Å². The Bertz CT molecular complexity index is 558. The zero-order chi connectivity index (χ0) is 17.4. The fourth-order valence-electron chi connectivity index (χ4n) is 3.54. The third-order valence-electron chi connectivity index (χ3n) is 4.53. The van der Waals surface area contributed by atoms with E-state index >= 15 is 0 Å². The molecule has 130 valence electrons. The van der Waals surface area contributed by atoms with Crippen molar-refractivity contribution < 1.29 is 14.1 Å². The molecule has 0 saturated carbocycles. The summed E-state index contributed by atoms with van der Waals surface area (Å²) in [6.45, 7) is 14.5. The number of hydrogen-bond donors (Lipinski definition) is 2. The highest BCUT2D eigenvalue weighted by atomic mass is 16.5. The van der Waals surface area contributed by atoms with Gasteiger partial charge in [-0.15, -0.1) is 0 Å². The zero-order valence-electron chi connectivity index (χ0n) is 15.2. The molecule has 1 aliphatic rings. The fraction of sp³-hybridized carbons (Fsp3) is 0.765. The SMILES string of the molecule is Cc1noc(C)c1[C@H](C)CNC(=O)N[C@H]1CC(C)(C)OC1(C)C. The van der Waals surface area contributed by atoms with E-state index in [0.717, 1.165) is 23.4 Å². The minimum atomic E-state index is -0.367. The molecule has 0 aromatic carbocycles. The van der Waals surface area contributed by atoms with Crippen LogP contribution in [-0.2, 0) is 4.74 Å². The molecule has 1 aromatic rings. The van der Waals surface area contributed by atoms with Crippen molar-refractivity contribution in [3.05, 3.63) is 17.0 Å². The Labute approximate surface area is 138 Å². The second-order valence-electron chi connectivity index (χ2n) is 7.72. The maximum atomic E-state index is 12.2. The van der Waals surface area contributed by atoms with Gasteiger partial charge in [0.05, 0.1) is 22.9 Å². The van der Waals surface area contributed by atoms with Gasteiger partial charge in [0.15, 0.2) is 0 Å². The Morgan fingerprint density at radius 2 is 2.00 bits per heavy atom. The number of carbonyl (C=O) groups excluding carboxylic acids is 1. The molecule has 1 aliphatic heterocycles. The van der Waals surface area contributed by atoms with Crippen LogP contribution in [0.2, 0.25) is 0 Å². The number of rotatable bonds is 4. The molecule has 0 aliphatic carbocycles. The van der Waals surface area contributed by atoms with Crippen molar-refractivity contribution in [3.63, 3.8) is 0 Å². The lowest BCUT2D eigenvalue weighted by atomic mass is 9.94. The van der Waals surface area contributed by atoms with Crippen LogP contribution in [0.3, 0.4) is 0 Å². The van der Waals surface area contributed by atoms with Gasteiger partial charge < -0.3 is 19.9 Å². The highest BCUT2D eigenvalue weighted by Crippen LogP contribution is 2.37. The van der Waals surface area contributed by atoms with Crippen LogP contribution >= 0.6 is 0 Å². The molecule has 1 saturated heterocycles. The molecule has 2 N–H and O–H groups in total. The van der Waals surface area contributed by atoms with E-state index in [1.807, 2.05) is 41.5 Å². The van der Waals surface area contributed by atoms with E-state index in [1.54, 1.807) is 0 Å². The fourth-order valence-corrected chi connectivity index (χ4v) is 3.54. The molecule has 2 atom stereocenters. The number of ether oxygens (including phenoxy) is 1. The van der Waals surface area contributed by atoms with Crippen molar-refractivity contribution >= 4 is 6.03 Å². The molecule has 0 radical (unpaired) electrons. The van der Waals surface area contributed by atoms with Crippen LogP contribution in [0.15, 0.2) is 4.52 Å². The van der Waals surface area contributed by atoms with Crippen molar-refractivity contribution in [3.8, 4) is 0 Å². The Kier molecular flexibility index (Phi) is 4.76. The summed E-state index contributed by atoms with van der Waals surface area (Å²) in [6, 6.07) is -0.171. The molecule has 1 aromatic heterocycles. The number of aryl methyl sites for hydroxylation is 2. The van der Waals surface area contributed by atoms with E-state index in [9.17, 15) is 4.79 Å². The number of amides is 2. The number of hydrogen-bond acceptors (Lipinski definition) is 4. The summed E-state index contributed by atoms with van der Waals surface area (Å²) in [6.07, 6.45) is 0.798.